The molecule has 8 heteroatoms. The fourth-order valence-corrected chi connectivity index (χ4v) is 3.30. The summed E-state index contributed by atoms with van der Waals surface area (Å²) in [7, 11) is 0. The van der Waals surface area contributed by atoms with Crippen LogP contribution < -0.4 is 5.32 Å². The average molecular weight is 361 g/mol. The van der Waals surface area contributed by atoms with Crippen LogP contribution in [0.1, 0.15) is 39.9 Å². The Kier molecular flexibility index (Phi) is 3.84. The van der Waals surface area contributed by atoms with Crippen molar-refractivity contribution in [3.8, 4) is 10.8 Å². The second-order valence-corrected chi connectivity index (χ2v) is 7.13. The Labute approximate surface area is 145 Å². The smallest absolute Gasteiger partial charge is 0.258 e. The molecule has 25 heavy (non-hydrogen) atoms. The minimum absolute atomic E-state index is 0.346. The van der Waals surface area contributed by atoms with E-state index in [9.17, 15) is 13.6 Å². The third-order valence-electron chi connectivity index (χ3n) is 3.92. The first-order valence-electron chi connectivity index (χ1n) is 7.72. The number of halogens is 2. The van der Waals surface area contributed by atoms with E-state index < -0.39 is 17.5 Å². The lowest BCUT2D eigenvalue weighted by Crippen LogP contribution is -2.14. The minimum Gasteiger partial charge on any atom is -0.420 e. The highest BCUT2D eigenvalue weighted by Gasteiger charge is 2.30. The summed E-state index contributed by atoms with van der Waals surface area (Å²) in [5.74, 6) is -0.780. The maximum absolute atomic E-state index is 13.7. The molecule has 1 N–H and O–H groups in total. The number of aryl methyl sites for hydroxylation is 1. The molecule has 0 bridgehead atoms. The number of benzene rings is 1. The molecular weight excluding hydrogens is 348 g/mol. The third kappa shape index (κ3) is 3.17. The second-order valence-electron chi connectivity index (χ2n) is 5.88. The maximum atomic E-state index is 13.7. The Bertz CT molecular complexity index is 963. The first-order chi connectivity index (χ1) is 12.0. The number of carbonyl (C=O) groups excluding carboxylic acids is 1. The number of hydrogen-bond acceptors (Lipinski definition) is 5. The van der Waals surface area contributed by atoms with Gasteiger partial charge in [-0.3, -0.25) is 4.79 Å². The number of nitrogens with one attached hydrogen (secondary N) is 1. The Morgan fingerprint density at radius 2 is 2.08 bits per heavy atom. The largest absolute Gasteiger partial charge is 0.420 e. The number of anilines is 1. The number of thiophene rings is 1. The van der Waals surface area contributed by atoms with E-state index in [2.05, 4.69) is 15.5 Å². The number of amides is 1. The minimum atomic E-state index is -0.780. The van der Waals surface area contributed by atoms with Gasteiger partial charge in [0, 0.05) is 10.8 Å². The summed E-state index contributed by atoms with van der Waals surface area (Å²) in [6.45, 7) is 1.81. The molecule has 0 aliphatic heterocycles. The van der Waals surface area contributed by atoms with Crippen molar-refractivity contribution in [3.63, 3.8) is 0 Å². The van der Waals surface area contributed by atoms with Crippen LogP contribution in [0.2, 0.25) is 0 Å². The molecule has 128 valence electrons. The predicted octanol–water partition coefficient (Wildman–Crippen LogP) is 4.51. The zero-order valence-electron chi connectivity index (χ0n) is 13.2. The molecule has 5 nitrogen and oxygen atoms in total. The van der Waals surface area contributed by atoms with E-state index in [1.54, 1.807) is 6.07 Å². The molecule has 0 saturated heterocycles. The lowest BCUT2D eigenvalue weighted by Gasteiger charge is -2.05. The number of aromatic nitrogens is 2. The van der Waals surface area contributed by atoms with Crippen LogP contribution in [0.5, 0.6) is 0 Å². The Balaban J connectivity index is 1.57. The van der Waals surface area contributed by atoms with Crippen molar-refractivity contribution in [2.24, 2.45) is 0 Å². The topological polar surface area (TPSA) is 68.0 Å². The molecule has 2 heterocycles. The van der Waals surface area contributed by atoms with E-state index in [1.165, 1.54) is 11.3 Å². The fourth-order valence-electron chi connectivity index (χ4n) is 2.40. The highest BCUT2D eigenvalue weighted by Crippen LogP contribution is 2.41. The lowest BCUT2D eigenvalue weighted by atomic mass is 10.2. The molecule has 1 fully saturated rings. The van der Waals surface area contributed by atoms with E-state index in [1.807, 2.05) is 6.92 Å². The Hall–Kier alpha value is -2.61. The molecule has 0 unspecified atom stereocenters. The summed E-state index contributed by atoms with van der Waals surface area (Å²) in [5, 5.41) is 10.7. The molecule has 0 radical (unpaired) electrons. The highest BCUT2D eigenvalue weighted by atomic mass is 32.1. The van der Waals surface area contributed by atoms with Gasteiger partial charge in [0.2, 0.25) is 5.89 Å². The van der Waals surface area contributed by atoms with Gasteiger partial charge in [-0.05, 0) is 44.0 Å². The van der Waals surface area contributed by atoms with Crippen molar-refractivity contribution in [2.75, 3.05) is 5.32 Å². The van der Waals surface area contributed by atoms with Gasteiger partial charge in [-0.15, -0.1) is 21.5 Å². The summed E-state index contributed by atoms with van der Waals surface area (Å²) in [6.07, 6.45) is 2.12. The zero-order chi connectivity index (χ0) is 17.6. The summed E-state index contributed by atoms with van der Waals surface area (Å²) in [5.41, 5.74) is 0.154. The van der Waals surface area contributed by atoms with Crippen LogP contribution in [0.15, 0.2) is 28.7 Å². The van der Waals surface area contributed by atoms with Crippen LogP contribution in [-0.4, -0.2) is 16.1 Å². The standard InChI is InChI=1S/C17H13F2N3O2S/c1-8-13(20-15(23)11-6-10(18)4-5-12(11)19)7-14(25-8)17-22-21-16(24-17)9-2-3-9/h4-7,9H,2-3H2,1H3,(H,20,23). The van der Waals surface area contributed by atoms with Crippen LogP contribution in [-0.2, 0) is 0 Å². The molecule has 1 aliphatic rings. The van der Waals surface area contributed by atoms with Crippen molar-refractivity contribution in [3.05, 3.63) is 52.2 Å². The average Bonchev–Trinajstić information content (AvgIpc) is 3.20. The molecule has 1 amide bonds. The molecule has 1 aliphatic carbocycles. The molecule has 2 aromatic heterocycles. The Morgan fingerprint density at radius 3 is 2.84 bits per heavy atom. The molecule has 3 aromatic rings. The third-order valence-corrected chi connectivity index (χ3v) is 4.96. The molecule has 4 rings (SSSR count). The van der Waals surface area contributed by atoms with E-state index in [0.717, 1.165) is 35.9 Å². The van der Waals surface area contributed by atoms with E-state index in [0.29, 0.717) is 28.3 Å². The summed E-state index contributed by atoms with van der Waals surface area (Å²) >= 11 is 1.38. The van der Waals surface area contributed by atoms with Gasteiger partial charge in [-0.2, -0.15) is 0 Å². The summed E-state index contributed by atoms with van der Waals surface area (Å²) in [6, 6.07) is 4.45. The highest BCUT2D eigenvalue weighted by molar-refractivity contribution is 7.15. The van der Waals surface area contributed by atoms with Crippen molar-refractivity contribution < 1.29 is 18.0 Å². The molecule has 1 saturated carbocycles. The SMILES string of the molecule is Cc1sc(-c2nnc(C3CC3)o2)cc1NC(=O)c1cc(F)ccc1F. The van der Waals surface area contributed by atoms with E-state index >= 15 is 0 Å². The number of hydrogen-bond donors (Lipinski definition) is 1. The van der Waals surface area contributed by atoms with Gasteiger partial charge < -0.3 is 9.73 Å². The number of carbonyl (C=O) groups is 1. The van der Waals surface area contributed by atoms with Gasteiger partial charge in [0.15, 0.2) is 0 Å². The summed E-state index contributed by atoms with van der Waals surface area (Å²) in [4.78, 5) is 13.7. The van der Waals surface area contributed by atoms with Crippen LogP contribution in [0, 0.1) is 18.6 Å². The van der Waals surface area contributed by atoms with Gasteiger partial charge in [-0.1, -0.05) is 0 Å². The van der Waals surface area contributed by atoms with Gasteiger partial charge in [0.1, 0.15) is 11.6 Å². The molecule has 0 atom stereocenters. The molecular formula is C17H13F2N3O2S. The van der Waals surface area contributed by atoms with Crippen LogP contribution in [0.3, 0.4) is 0 Å². The lowest BCUT2D eigenvalue weighted by molar-refractivity contribution is 0.102. The van der Waals surface area contributed by atoms with Gasteiger partial charge in [0.05, 0.1) is 16.1 Å². The van der Waals surface area contributed by atoms with Crippen molar-refractivity contribution in [1.82, 2.24) is 10.2 Å². The monoisotopic (exact) mass is 361 g/mol. The van der Waals surface area contributed by atoms with Crippen LogP contribution in [0.25, 0.3) is 10.8 Å². The molecule has 1 aromatic carbocycles. The van der Waals surface area contributed by atoms with Gasteiger partial charge in [-0.25, -0.2) is 8.78 Å². The number of nitrogens with zero attached hydrogens (tertiary/aromatic N) is 2. The van der Waals surface area contributed by atoms with Crippen molar-refractivity contribution >= 4 is 22.9 Å². The predicted molar refractivity (Wildman–Crippen MR) is 88.6 cm³/mol. The van der Waals surface area contributed by atoms with Crippen molar-refractivity contribution in [2.45, 2.75) is 25.7 Å². The quantitative estimate of drug-likeness (QED) is 0.742. The second kappa shape index (κ2) is 6.03. The molecule has 0 spiro atoms. The van der Waals surface area contributed by atoms with E-state index in [-0.39, 0.29) is 5.56 Å². The van der Waals surface area contributed by atoms with Crippen LogP contribution in [0.4, 0.5) is 14.5 Å². The normalized spacial score (nSPS) is 13.9. The first kappa shape index (κ1) is 15.9. The van der Waals surface area contributed by atoms with Crippen molar-refractivity contribution in [1.29, 1.82) is 0 Å². The van der Waals surface area contributed by atoms with Gasteiger partial charge >= 0.3 is 0 Å². The zero-order valence-corrected chi connectivity index (χ0v) is 14.0. The van der Waals surface area contributed by atoms with E-state index in [4.69, 9.17) is 4.42 Å². The summed E-state index contributed by atoms with van der Waals surface area (Å²) < 4.78 is 32.6. The van der Waals surface area contributed by atoms with Crippen LogP contribution >= 0.6 is 11.3 Å². The maximum Gasteiger partial charge on any atom is 0.258 e. The number of rotatable bonds is 4. The Morgan fingerprint density at radius 1 is 1.28 bits per heavy atom. The fraction of sp³-hybridized carbons (Fsp3) is 0.235. The van der Waals surface area contributed by atoms with Gasteiger partial charge in [0.25, 0.3) is 11.8 Å². The first-order valence-corrected chi connectivity index (χ1v) is 8.53.